The van der Waals surface area contributed by atoms with Gasteiger partial charge < -0.3 is 14.2 Å². The Morgan fingerprint density at radius 3 is 2.56 bits per heavy atom. The molecular weight excluding hydrogens is 234 g/mol. The highest BCUT2D eigenvalue weighted by Gasteiger charge is 2.18. The van der Waals surface area contributed by atoms with E-state index in [-0.39, 0.29) is 12.4 Å². The van der Waals surface area contributed by atoms with E-state index < -0.39 is 0 Å². The van der Waals surface area contributed by atoms with Gasteiger partial charge in [-0.2, -0.15) is 5.26 Å². The summed E-state index contributed by atoms with van der Waals surface area (Å²) in [6.07, 6.45) is 0.00963. The molecule has 1 aromatic carbocycles. The van der Waals surface area contributed by atoms with Gasteiger partial charge in [0, 0.05) is 5.56 Å². The molecule has 1 rings (SSSR count). The predicted molar refractivity (Wildman–Crippen MR) is 64.6 cm³/mol. The summed E-state index contributed by atoms with van der Waals surface area (Å²) in [7, 11) is 2.94. The minimum absolute atomic E-state index is 0.00963. The summed E-state index contributed by atoms with van der Waals surface area (Å²) < 4.78 is 15.2. The number of ether oxygens (including phenoxy) is 3. The van der Waals surface area contributed by atoms with E-state index in [0.29, 0.717) is 29.2 Å². The van der Waals surface area contributed by atoms with Gasteiger partial charge in [0.25, 0.3) is 0 Å². The number of benzene rings is 1. The Morgan fingerprint density at radius 1 is 1.33 bits per heavy atom. The van der Waals surface area contributed by atoms with Crippen molar-refractivity contribution in [3.05, 3.63) is 23.3 Å². The van der Waals surface area contributed by atoms with Gasteiger partial charge in [0.05, 0.1) is 32.8 Å². The van der Waals surface area contributed by atoms with Crippen LogP contribution in [0.1, 0.15) is 18.1 Å². The number of hydrogen-bond acceptors (Lipinski definition) is 5. The van der Waals surface area contributed by atoms with Crippen molar-refractivity contribution < 1.29 is 19.0 Å². The molecule has 0 aliphatic rings. The Hall–Kier alpha value is -2.22. The molecule has 1 aromatic rings. The summed E-state index contributed by atoms with van der Waals surface area (Å²) in [5.74, 6) is 0.466. The second-order valence-electron chi connectivity index (χ2n) is 3.42. The van der Waals surface area contributed by atoms with Crippen molar-refractivity contribution in [3.8, 4) is 17.6 Å². The van der Waals surface area contributed by atoms with Crippen molar-refractivity contribution in [2.24, 2.45) is 0 Å². The number of hydrogen-bond donors (Lipinski definition) is 0. The van der Waals surface area contributed by atoms with Crippen molar-refractivity contribution >= 4 is 5.97 Å². The van der Waals surface area contributed by atoms with Gasteiger partial charge in [-0.25, -0.2) is 0 Å². The molecule has 0 atom stereocenters. The Bertz CT molecular complexity index is 477. The van der Waals surface area contributed by atoms with Gasteiger partial charge in [-0.1, -0.05) is 0 Å². The number of nitriles is 1. The number of esters is 1. The molecular formula is C13H15NO4. The second-order valence-corrected chi connectivity index (χ2v) is 3.42. The van der Waals surface area contributed by atoms with Crippen LogP contribution in [-0.2, 0) is 16.0 Å². The van der Waals surface area contributed by atoms with E-state index in [1.807, 2.05) is 6.07 Å². The zero-order valence-corrected chi connectivity index (χ0v) is 10.6. The minimum atomic E-state index is -0.385. The lowest BCUT2D eigenvalue weighted by molar-refractivity contribution is -0.142. The van der Waals surface area contributed by atoms with Crippen molar-refractivity contribution in [2.75, 3.05) is 20.8 Å². The molecule has 0 amide bonds. The Balaban J connectivity index is 3.20. The average Bonchev–Trinajstić information content (AvgIpc) is 2.38. The topological polar surface area (TPSA) is 68.5 Å². The molecule has 0 saturated heterocycles. The van der Waals surface area contributed by atoms with E-state index >= 15 is 0 Å². The first-order valence-corrected chi connectivity index (χ1v) is 5.47. The summed E-state index contributed by atoms with van der Waals surface area (Å²) in [6, 6.07) is 5.23. The summed E-state index contributed by atoms with van der Waals surface area (Å²) in [6.45, 7) is 2.04. The fourth-order valence-electron chi connectivity index (χ4n) is 1.65. The van der Waals surface area contributed by atoms with Gasteiger partial charge in [0.2, 0.25) is 0 Å². The molecule has 0 heterocycles. The first-order chi connectivity index (χ1) is 8.67. The van der Waals surface area contributed by atoms with Crippen LogP contribution < -0.4 is 9.47 Å². The van der Waals surface area contributed by atoms with E-state index in [2.05, 4.69) is 0 Å². The average molecular weight is 249 g/mol. The quantitative estimate of drug-likeness (QED) is 0.742. The third-order valence-corrected chi connectivity index (χ3v) is 2.39. The molecule has 0 N–H and O–H groups in total. The highest BCUT2D eigenvalue weighted by atomic mass is 16.5. The molecule has 0 fully saturated rings. The maximum atomic E-state index is 11.5. The Morgan fingerprint density at radius 2 is 2.06 bits per heavy atom. The molecule has 0 unspecified atom stereocenters. The first-order valence-electron chi connectivity index (χ1n) is 5.47. The van der Waals surface area contributed by atoms with Gasteiger partial charge in [-0.15, -0.1) is 0 Å². The second kappa shape index (κ2) is 6.50. The van der Waals surface area contributed by atoms with Gasteiger partial charge in [-0.3, -0.25) is 4.79 Å². The number of nitrogens with zero attached hydrogens (tertiary/aromatic N) is 1. The Kier molecular flexibility index (Phi) is 5.00. The van der Waals surface area contributed by atoms with Crippen LogP contribution in [0, 0.1) is 11.3 Å². The third-order valence-electron chi connectivity index (χ3n) is 2.39. The highest BCUT2D eigenvalue weighted by molar-refractivity contribution is 5.75. The van der Waals surface area contributed by atoms with E-state index in [9.17, 15) is 4.79 Å². The van der Waals surface area contributed by atoms with Crippen molar-refractivity contribution in [3.63, 3.8) is 0 Å². The van der Waals surface area contributed by atoms with Crippen molar-refractivity contribution in [2.45, 2.75) is 13.3 Å². The number of carbonyl (C=O) groups excluding carboxylic acids is 1. The highest BCUT2D eigenvalue weighted by Crippen LogP contribution is 2.32. The predicted octanol–water partition coefficient (Wildman–Crippen LogP) is 1.68. The Labute approximate surface area is 106 Å². The van der Waals surface area contributed by atoms with Crippen LogP contribution in [0.4, 0.5) is 0 Å². The summed E-state index contributed by atoms with van der Waals surface area (Å²) in [4.78, 5) is 11.5. The molecule has 18 heavy (non-hydrogen) atoms. The summed E-state index contributed by atoms with van der Waals surface area (Å²) >= 11 is 0. The maximum absolute atomic E-state index is 11.5. The largest absolute Gasteiger partial charge is 0.496 e. The van der Waals surface area contributed by atoms with E-state index in [1.165, 1.54) is 14.2 Å². The van der Waals surface area contributed by atoms with Gasteiger partial charge in [0.1, 0.15) is 17.6 Å². The van der Waals surface area contributed by atoms with Gasteiger partial charge in [-0.05, 0) is 19.1 Å². The summed E-state index contributed by atoms with van der Waals surface area (Å²) in [5.41, 5.74) is 0.884. The van der Waals surface area contributed by atoms with Crippen molar-refractivity contribution in [1.82, 2.24) is 0 Å². The molecule has 0 aromatic heterocycles. The van der Waals surface area contributed by atoms with E-state index in [4.69, 9.17) is 19.5 Å². The molecule has 5 nitrogen and oxygen atoms in total. The normalized spacial score (nSPS) is 9.44. The fraction of sp³-hybridized carbons (Fsp3) is 0.385. The van der Waals surface area contributed by atoms with Gasteiger partial charge >= 0.3 is 5.97 Å². The van der Waals surface area contributed by atoms with Gasteiger partial charge in [0.15, 0.2) is 0 Å². The lowest BCUT2D eigenvalue weighted by Crippen LogP contribution is -2.10. The van der Waals surface area contributed by atoms with E-state index in [1.54, 1.807) is 19.1 Å². The first kappa shape index (κ1) is 13.8. The van der Waals surface area contributed by atoms with Crippen LogP contribution >= 0.6 is 0 Å². The lowest BCUT2D eigenvalue weighted by atomic mass is 10.1. The molecule has 96 valence electrons. The fourth-order valence-corrected chi connectivity index (χ4v) is 1.65. The molecule has 0 radical (unpaired) electrons. The number of rotatable bonds is 5. The maximum Gasteiger partial charge on any atom is 0.310 e. The zero-order valence-electron chi connectivity index (χ0n) is 10.6. The van der Waals surface area contributed by atoms with Crippen LogP contribution in [0.15, 0.2) is 12.1 Å². The molecule has 0 aliphatic carbocycles. The van der Waals surface area contributed by atoms with Crippen LogP contribution in [0.5, 0.6) is 11.5 Å². The molecule has 0 saturated carbocycles. The molecule has 0 aliphatic heterocycles. The van der Waals surface area contributed by atoms with Crippen LogP contribution in [-0.4, -0.2) is 26.8 Å². The SMILES string of the molecule is CCOC(=O)Cc1c(OC)ccc(C#N)c1OC. The molecule has 0 spiro atoms. The van der Waals surface area contributed by atoms with Crippen molar-refractivity contribution in [1.29, 1.82) is 5.26 Å². The van der Waals surface area contributed by atoms with Crippen LogP contribution in [0.3, 0.4) is 0 Å². The zero-order chi connectivity index (χ0) is 13.5. The van der Waals surface area contributed by atoms with Crippen LogP contribution in [0.2, 0.25) is 0 Å². The lowest BCUT2D eigenvalue weighted by Gasteiger charge is -2.13. The van der Waals surface area contributed by atoms with Crippen LogP contribution in [0.25, 0.3) is 0 Å². The standard InChI is InChI=1S/C13H15NO4/c1-4-18-12(15)7-10-11(16-2)6-5-9(8-14)13(10)17-3/h5-6H,4,7H2,1-3H3. The van der Waals surface area contributed by atoms with E-state index in [0.717, 1.165) is 0 Å². The number of carbonyl (C=O) groups is 1. The molecule has 5 heteroatoms. The summed E-state index contributed by atoms with van der Waals surface area (Å²) in [5, 5.41) is 8.99. The minimum Gasteiger partial charge on any atom is -0.496 e. The smallest absolute Gasteiger partial charge is 0.310 e. The molecule has 0 bridgehead atoms. The number of methoxy groups -OCH3 is 2. The monoisotopic (exact) mass is 249 g/mol. The third kappa shape index (κ3) is 2.92.